The molecule has 4 aliphatic heterocycles. The van der Waals surface area contributed by atoms with Crippen molar-refractivity contribution in [3.05, 3.63) is 58.9 Å². The van der Waals surface area contributed by atoms with Crippen molar-refractivity contribution < 1.29 is 23.5 Å². The molecule has 4 heterocycles. The fourth-order valence-electron chi connectivity index (χ4n) is 7.55. The Morgan fingerprint density at radius 2 is 1.72 bits per heavy atom. The number of hydrogen-bond donors (Lipinski definition) is 0. The Labute approximate surface area is 254 Å². The average Bonchev–Trinajstić information content (AvgIpc) is 3.76. The van der Waals surface area contributed by atoms with Gasteiger partial charge in [0.05, 0.1) is 18.4 Å². The molecule has 230 valence electrons. The zero-order chi connectivity index (χ0) is 29.6. The summed E-state index contributed by atoms with van der Waals surface area (Å²) in [5.41, 5.74) is 5.98. The van der Waals surface area contributed by atoms with Crippen LogP contribution in [0.5, 0.6) is 0 Å². The highest BCUT2D eigenvalue weighted by molar-refractivity contribution is 5.85. The third-order valence-electron chi connectivity index (χ3n) is 10.4. The van der Waals surface area contributed by atoms with Crippen molar-refractivity contribution in [1.82, 2.24) is 9.80 Å². The van der Waals surface area contributed by atoms with Crippen LogP contribution < -0.4 is 0 Å². The summed E-state index contributed by atoms with van der Waals surface area (Å²) in [6.07, 6.45) is 6.89. The van der Waals surface area contributed by atoms with Crippen molar-refractivity contribution >= 4 is 11.8 Å². The molecule has 1 aliphatic carbocycles. The number of ether oxygens (including phenoxy) is 2. The van der Waals surface area contributed by atoms with E-state index >= 15 is 0 Å². The van der Waals surface area contributed by atoms with Gasteiger partial charge >= 0.3 is 5.97 Å². The summed E-state index contributed by atoms with van der Waals surface area (Å²) in [5, 5.41) is 4.55. The maximum absolute atomic E-state index is 13.8. The summed E-state index contributed by atoms with van der Waals surface area (Å²) < 4.78 is 24.8. The molecular formula is C35H44FN3O4. The first kappa shape index (κ1) is 28.8. The van der Waals surface area contributed by atoms with Crippen molar-refractivity contribution in [2.45, 2.75) is 82.8 Å². The van der Waals surface area contributed by atoms with Crippen molar-refractivity contribution in [2.24, 2.45) is 10.6 Å². The SMILES string of the molecule is CCOC(=O)C1(C)CCN(C2=NOC3(C2)CN(Cc2cc(C4CC4)c(-c4ccc(F)cc4)cc2C2CCOCC2)C3)CC1. The van der Waals surface area contributed by atoms with Crippen LogP contribution in [-0.4, -0.2) is 73.2 Å². The number of amidine groups is 1. The van der Waals surface area contributed by atoms with E-state index in [1.165, 1.54) is 35.1 Å². The molecule has 2 aromatic carbocycles. The standard InChI is InChI=1S/C35H44FN3O4/c1-3-42-33(40)34(2)12-14-39(15-13-34)32-20-35(43-37-32)22-38(23-35)21-27-18-30(24-4-5-24)31(25-6-8-28(36)9-7-25)19-29(27)26-10-16-41-17-11-26/h6-9,18-19,24,26H,3-5,10-17,20-23H2,1-2H3. The van der Waals surface area contributed by atoms with Crippen LogP contribution in [0.3, 0.4) is 0 Å². The zero-order valence-electron chi connectivity index (χ0n) is 25.6. The summed E-state index contributed by atoms with van der Waals surface area (Å²) >= 11 is 0. The van der Waals surface area contributed by atoms with E-state index in [0.717, 1.165) is 89.4 Å². The second-order valence-corrected chi connectivity index (χ2v) is 13.7. The quantitative estimate of drug-likeness (QED) is 0.358. The maximum Gasteiger partial charge on any atom is 0.311 e. The average molecular weight is 590 g/mol. The first-order chi connectivity index (χ1) is 20.8. The monoisotopic (exact) mass is 589 g/mol. The van der Waals surface area contributed by atoms with Gasteiger partial charge in [-0.2, -0.15) is 0 Å². The summed E-state index contributed by atoms with van der Waals surface area (Å²) in [6.45, 7) is 10.1. The molecular weight excluding hydrogens is 545 g/mol. The number of hydrogen-bond acceptors (Lipinski definition) is 7. The molecule has 5 aliphatic rings. The number of likely N-dealkylation sites (tertiary alicyclic amines) is 2. The first-order valence-corrected chi connectivity index (χ1v) is 16.2. The number of carbonyl (C=O) groups excluding carboxylic acids is 1. The third-order valence-corrected chi connectivity index (χ3v) is 10.4. The van der Waals surface area contributed by atoms with Crippen molar-refractivity contribution in [3.8, 4) is 11.1 Å². The predicted molar refractivity (Wildman–Crippen MR) is 163 cm³/mol. The minimum absolute atomic E-state index is 0.0824. The maximum atomic E-state index is 13.8. The minimum atomic E-state index is -0.411. The lowest BCUT2D eigenvalue weighted by molar-refractivity contribution is -0.156. The fourth-order valence-corrected chi connectivity index (χ4v) is 7.55. The molecule has 1 spiro atoms. The lowest BCUT2D eigenvalue weighted by Gasteiger charge is -2.46. The van der Waals surface area contributed by atoms with Crippen molar-refractivity contribution in [1.29, 1.82) is 0 Å². The molecule has 4 fully saturated rings. The molecule has 0 bridgehead atoms. The van der Waals surface area contributed by atoms with Gasteiger partial charge in [-0.05, 0) is 104 Å². The van der Waals surface area contributed by atoms with E-state index < -0.39 is 5.41 Å². The van der Waals surface area contributed by atoms with Gasteiger partial charge in [-0.3, -0.25) is 9.69 Å². The van der Waals surface area contributed by atoms with Gasteiger partial charge in [0, 0.05) is 45.9 Å². The third kappa shape index (κ3) is 5.80. The number of carbonyl (C=O) groups is 1. The van der Waals surface area contributed by atoms with E-state index in [2.05, 4.69) is 27.1 Å². The van der Waals surface area contributed by atoms with Crippen LogP contribution >= 0.6 is 0 Å². The van der Waals surface area contributed by atoms with Gasteiger partial charge in [-0.25, -0.2) is 4.39 Å². The Bertz CT molecular complexity index is 1370. The summed E-state index contributed by atoms with van der Waals surface area (Å²) in [4.78, 5) is 23.4. The van der Waals surface area contributed by atoms with Gasteiger partial charge in [0.25, 0.3) is 0 Å². The molecule has 8 heteroatoms. The Morgan fingerprint density at radius 3 is 2.40 bits per heavy atom. The molecule has 0 amide bonds. The van der Waals surface area contributed by atoms with E-state index in [4.69, 9.17) is 14.3 Å². The predicted octanol–water partition coefficient (Wildman–Crippen LogP) is 6.22. The number of halogens is 1. The van der Waals surface area contributed by atoms with Crippen LogP contribution in [0.4, 0.5) is 4.39 Å². The Morgan fingerprint density at radius 1 is 1.02 bits per heavy atom. The molecule has 0 aromatic heterocycles. The van der Waals surface area contributed by atoms with Crippen LogP contribution in [0.2, 0.25) is 0 Å². The molecule has 2 aromatic rings. The second kappa shape index (κ2) is 11.5. The van der Waals surface area contributed by atoms with Crippen molar-refractivity contribution in [2.75, 3.05) is 46.0 Å². The summed E-state index contributed by atoms with van der Waals surface area (Å²) in [6, 6.07) is 11.9. The highest BCUT2D eigenvalue weighted by atomic mass is 19.1. The summed E-state index contributed by atoms with van der Waals surface area (Å²) in [7, 11) is 0. The van der Waals surface area contributed by atoms with Gasteiger partial charge in [0.1, 0.15) is 11.7 Å². The van der Waals surface area contributed by atoms with Crippen molar-refractivity contribution in [3.63, 3.8) is 0 Å². The molecule has 0 atom stereocenters. The smallest absolute Gasteiger partial charge is 0.311 e. The second-order valence-electron chi connectivity index (χ2n) is 13.7. The van der Waals surface area contributed by atoms with Gasteiger partial charge in [0.2, 0.25) is 0 Å². The molecule has 0 unspecified atom stereocenters. The number of benzene rings is 2. The Hall–Kier alpha value is -2.97. The topological polar surface area (TPSA) is 63.6 Å². The van der Waals surface area contributed by atoms with Gasteiger partial charge in [0.15, 0.2) is 5.60 Å². The summed E-state index contributed by atoms with van der Waals surface area (Å²) in [5.74, 6) is 1.81. The van der Waals surface area contributed by atoms with E-state index in [9.17, 15) is 9.18 Å². The van der Waals surface area contributed by atoms with Gasteiger partial charge in [-0.15, -0.1) is 0 Å². The first-order valence-electron chi connectivity index (χ1n) is 16.2. The molecule has 1 saturated carbocycles. The molecule has 7 nitrogen and oxygen atoms in total. The fraction of sp³-hybridized carbons (Fsp3) is 0.600. The number of rotatable bonds is 7. The van der Waals surface area contributed by atoms with Crippen LogP contribution in [-0.2, 0) is 25.7 Å². The van der Waals surface area contributed by atoms with E-state index in [-0.39, 0.29) is 17.4 Å². The normalized spacial score (nSPS) is 23.5. The van der Waals surface area contributed by atoms with Crippen LogP contribution in [0.1, 0.15) is 87.3 Å². The molecule has 43 heavy (non-hydrogen) atoms. The number of nitrogens with zero attached hydrogens (tertiary/aromatic N) is 3. The number of piperidine rings is 1. The molecule has 0 radical (unpaired) electrons. The lowest BCUT2D eigenvalue weighted by Crippen LogP contribution is -2.61. The van der Waals surface area contributed by atoms with Gasteiger partial charge < -0.3 is 19.2 Å². The highest BCUT2D eigenvalue weighted by Crippen LogP contribution is 2.47. The van der Waals surface area contributed by atoms with E-state index in [0.29, 0.717) is 18.4 Å². The molecule has 0 N–H and O–H groups in total. The minimum Gasteiger partial charge on any atom is -0.466 e. The van der Waals surface area contributed by atoms with Crippen LogP contribution in [0, 0.1) is 11.2 Å². The lowest BCUT2D eigenvalue weighted by atomic mass is 9.80. The Kier molecular flexibility index (Phi) is 7.70. The van der Waals surface area contributed by atoms with Crippen LogP contribution in [0.25, 0.3) is 11.1 Å². The van der Waals surface area contributed by atoms with Crippen LogP contribution in [0.15, 0.2) is 41.6 Å². The van der Waals surface area contributed by atoms with E-state index in [1.807, 2.05) is 26.0 Å². The Balaban J connectivity index is 1.04. The highest BCUT2D eigenvalue weighted by Gasteiger charge is 2.51. The zero-order valence-corrected chi connectivity index (χ0v) is 25.6. The largest absolute Gasteiger partial charge is 0.466 e. The number of esters is 1. The van der Waals surface area contributed by atoms with E-state index in [1.54, 1.807) is 12.1 Å². The molecule has 3 saturated heterocycles. The molecule has 7 rings (SSSR count). The number of oxime groups is 1. The van der Waals surface area contributed by atoms with Gasteiger partial charge in [-0.1, -0.05) is 29.4 Å².